The lowest BCUT2D eigenvalue weighted by Crippen LogP contribution is -1.93. The number of phenolic OH excluding ortho intramolecular Hbond substituents is 1. The van der Waals surface area contributed by atoms with Crippen molar-refractivity contribution in [2.75, 3.05) is 13.9 Å². The third-order valence-corrected chi connectivity index (χ3v) is 4.63. The summed E-state index contributed by atoms with van der Waals surface area (Å²) in [7, 11) is 1.57. The first-order chi connectivity index (χ1) is 11.7. The zero-order valence-electron chi connectivity index (χ0n) is 13.2. The lowest BCUT2D eigenvalue weighted by atomic mass is 9.99. The Morgan fingerprint density at radius 3 is 2.83 bits per heavy atom. The fraction of sp³-hybridized carbons (Fsp3) is 0.167. The molecule has 2 heterocycles. The van der Waals surface area contributed by atoms with Crippen molar-refractivity contribution in [3.05, 3.63) is 41.3 Å². The zero-order chi connectivity index (χ0) is 16.7. The van der Waals surface area contributed by atoms with Gasteiger partial charge in [-0.05, 0) is 48.3 Å². The summed E-state index contributed by atoms with van der Waals surface area (Å²) in [5.41, 5.74) is 4.33. The lowest BCUT2D eigenvalue weighted by Gasteiger charge is -2.09. The molecule has 0 aliphatic carbocycles. The highest BCUT2D eigenvalue weighted by Crippen LogP contribution is 2.43. The van der Waals surface area contributed by atoms with Crippen molar-refractivity contribution in [1.29, 1.82) is 0 Å². The molecule has 0 saturated heterocycles. The number of benzene rings is 2. The molecule has 0 amide bonds. The number of nitrogens with zero attached hydrogens (tertiary/aromatic N) is 1. The van der Waals surface area contributed by atoms with Gasteiger partial charge in [-0.25, -0.2) is 0 Å². The molecule has 5 nitrogen and oxygen atoms in total. The van der Waals surface area contributed by atoms with E-state index in [1.165, 1.54) is 11.5 Å². The van der Waals surface area contributed by atoms with Crippen molar-refractivity contribution >= 4 is 11.5 Å². The van der Waals surface area contributed by atoms with Gasteiger partial charge in [0.1, 0.15) is 11.5 Å². The molecule has 6 heteroatoms. The molecular weight excluding hydrogens is 326 g/mol. The maximum absolute atomic E-state index is 10.3. The van der Waals surface area contributed by atoms with Crippen LogP contribution >= 0.6 is 11.5 Å². The van der Waals surface area contributed by atoms with Gasteiger partial charge in [0.15, 0.2) is 11.5 Å². The Bertz CT molecular complexity index is 919. The molecule has 0 atom stereocenters. The fourth-order valence-electron chi connectivity index (χ4n) is 2.82. The van der Waals surface area contributed by atoms with E-state index >= 15 is 0 Å². The van der Waals surface area contributed by atoms with Gasteiger partial charge in [-0.1, -0.05) is 0 Å². The molecule has 122 valence electrons. The van der Waals surface area contributed by atoms with Gasteiger partial charge in [0, 0.05) is 28.1 Å². The summed E-state index contributed by atoms with van der Waals surface area (Å²) in [5, 5.41) is 12.3. The molecule has 0 saturated carbocycles. The summed E-state index contributed by atoms with van der Waals surface area (Å²) in [6.07, 6.45) is 0. The van der Waals surface area contributed by atoms with Crippen LogP contribution in [0.15, 0.2) is 35.7 Å². The van der Waals surface area contributed by atoms with E-state index in [1.54, 1.807) is 13.2 Å². The SMILES string of the molecule is COc1ccc(-c2csnc2-c2cc(C)c3c(c2)OCO3)c(O)c1. The Kier molecular flexibility index (Phi) is 3.54. The van der Waals surface area contributed by atoms with E-state index in [4.69, 9.17) is 14.2 Å². The third kappa shape index (κ3) is 2.35. The summed E-state index contributed by atoms with van der Waals surface area (Å²) in [5.74, 6) is 2.28. The number of fused-ring (bicyclic) bond motifs is 1. The highest BCUT2D eigenvalue weighted by atomic mass is 32.1. The van der Waals surface area contributed by atoms with E-state index in [9.17, 15) is 5.11 Å². The first-order valence-electron chi connectivity index (χ1n) is 7.39. The van der Waals surface area contributed by atoms with E-state index in [0.29, 0.717) is 5.75 Å². The minimum Gasteiger partial charge on any atom is -0.507 e. The van der Waals surface area contributed by atoms with Gasteiger partial charge in [0.2, 0.25) is 6.79 Å². The van der Waals surface area contributed by atoms with Crippen LogP contribution in [0.4, 0.5) is 0 Å². The zero-order valence-corrected chi connectivity index (χ0v) is 14.0. The molecule has 1 N–H and O–H groups in total. The van der Waals surface area contributed by atoms with Crippen LogP contribution in [0.5, 0.6) is 23.0 Å². The molecule has 1 aliphatic heterocycles. The monoisotopic (exact) mass is 341 g/mol. The van der Waals surface area contributed by atoms with Gasteiger partial charge in [-0.3, -0.25) is 0 Å². The molecule has 24 heavy (non-hydrogen) atoms. The number of aromatic nitrogens is 1. The summed E-state index contributed by atoms with van der Waals surface area (Å²) < 4.78 is 20.6. The maximum atomic E-state index is 10.3. The maximum Gasteiger partial charge on any atom is 0.231 e. The van der Waals surface area contributed by atoms with Crippen LogP contribution in [0, 0.1) is 6.92 Å². The molecule has 0 bridgehead atoms. The van der Waals surface area contributed by atoms with E-state index in [-0.39, 0.29) is 12.5 Å². The minimum absolute atomic E-state index is 0.160. The predicted molar refractivity (Wildman–Crippen MR) is 92.1 cm³/mol. The van der Waals surface area contributed by atoms with Gasteiger partial charge >= 0.3 is 0 Å². The van der Waals surface area contributed by atoms with E-state index in [2.05, 4.69) is 4.37 Å². The molecule has 4 rings (SSSR count). The highest BCUT2D eigenvalue weighted by molar-refractivity contribution is 7.04. The van der Waals surface area contributed by atoms with Gasteiger partial charge in [0.25, 0.3) is 0 Å². The first kappa shape index (κ1) is 14.8. The largest absolute Gasteiger partial charge is 0.507 e. The standard InChI is InChI=1S/C18H15NO4S/c1-10-5-11(6-16-18(10)23-9-22-16)17-14(8-24-19-17)13-4-3-12(21-2)7-15(13)20/h3-8,20H,9H2,1-2H3. The number of ether oxygens (including phenoxy) is 3. The second-order valence-electron chi connectivity index (χ2n) is 5.49. The van der Waals surface area contributed by atoms with Gasteiger partial charge in [0.05, 0.1) is 12.8 Å². The van der Waals surface area contributed by atoms with E-state index in [0.717, 1.165) is 39.4 Å². The number of hydrogen-bond acceptors (Lipinski definition) is 6. The van der Waals surface area contributed by atoms with E-state index < -0.39 is 0 Å². The van der Waals surface area contributed by atoms with Gasteiger partial charge in [-0.2, -0.15) is 4.37 Å². The highest BCUT2D eigenvalue weighted by Gasteiger charge is 2.21. The van der Waals surface area contributed by atoms with Crippen molar-refractivity contribution in [2.24, 2.45) is 0 Å². The lowest BCUT2D eigenvalue weighted by molar-refractivity contribution is 0.173. The van der Waals surface area contributed by atoms with Crippen molar-refractivity contribution in [3.63, 3.8) is 0 Å². The van der Waals surface area contributed by atoms with Gasteiger partial charge < -0.3 is 19.3 Å². The minimum atomic E-state index is 0.160. The van der Waals surface area contributed by atoms with Crippen LogP contribution in [-0.2, 0) is 0 Å². The van der Waals surface area contributed by atoms with Crippen LogP contribution in [0.2, 0.25) is 0 Å². The third-order valence-electron chi connectivity index (χ3n) is 4.00. The molecule has 0 radical (unpaired) electrons. The van der Waals surface area contributed by atoms with Crippen LogP contribution in [0.25, 0.3) is 22.4 Å². The number of hydrogen-bond donors (Lipinski definition) is 1. The number of aromatic hydroxyl groups is 1. The van der Waals surface area contributed by atoms with Crippen LogP contribution in [-0.4, -0.2) is 23.4 Å². The first-order valence-corrected chi connectivity index (χ1v) is 8.23. The van der Waals surface area contributed by atoms with Crippen molar-refractivity contribution in [2.45, 2.75) is 6.92 Å². The Morgan fingerprint density at radius 1 is 1.17 bits per heavy atom. The Labute approximate surface area is 143 Å². The smallest absolute Gasteiger partial charge is 0.231 e. The quantitative estimate of drug-likeness (QED) is 0.772. The summed E-state index contributed by atoms with van der Waals surface area (Å²) in [4.78, 5) is 0. The summed E-state index contributed by atoms with van der Waals surface area (Å²) in [6.45, 7) is 2.22. The molecule has 0 unspecified atom stereocenters. The molecule has 0 spiro atoms. The second-order valence-corrected chi connectivity index (χ2v) is 6.12. The summed E-state index contributed by atoms with van der Waals surface area (Å²) >= 11 is 1.35. The van der Waals surface area contributed by atoms with Crippen LogP contribution in [0.1, 0.15) is 5.56 Å². The number of rotatable bonds is 3. The normalized spacial score (nSPS) is 12.4. The second kappa shape index (κ2) is 5.72. The molecule has 1 aromatic heterocycles. The number of phenols is 1. The Balaban J connectivity index is 1.83. The Hall–Kier alpha value is -2.73. The van der Waals surface area contributed by atoms with Crippen molar-refractivity contribution in [3.8, 4) is 45.4 Å². The van der Waals surface area contributed by atoms with Crippen LogP contribution in [0.3, 0.4) is 0 Å². The van der Waals surface area contributed by atoms with Crippen molar-refractivity contribution < 1.29 is 19.3 Å². The number of aryl methyl sites for hydroxylation is 1. The molecule has 3 aromatic rings. The fourth-order valence-corrected chi connectivity index (χ4v) is 3.53. The molecular formula is C18H15NO4S. The Morgan fingerprint density at radius 2 is 2.04 bits per heavy atom. The molecule has 1 aliphatic rings. The van der Waals surface area contributed by atoms with E-state index in [1.807, 2.05) is 36.6 Å². The summed E-state index contributed by atoms with van der Waals surface area (Å²) in [6, 6.07) is 9.20. The number of methoxy groups -OCH3 is 1. The predicted octanol–water partition coefficient (Wildman–Crippen LogP) is 4.23. The van der Waals surface area contributed by atoms with Crippen molar-refractivity contribution in [1.82, 2.24) is 4.37 Å². The average molecular weight is 341 g/mol. The average Bonchev–Trinajstić information content (AvgIpc) is 3.23. The topological polar surface area (TPSA) is 60.8 Å². The molecule has 2 aromatic carbocycles. The molecule has 0 fully saturated rings. The van der Waals surface area contributed by atoms with Crippen LogP contribution < -0.4 is 14.2 Å². The van der Waals surface area contributed by atoms with Gasteiger partial charge in [-0.15, -0.1) is 0 Å².